The highest BCUT2D eigenvalue weighted by molar-refractivity contribution is 9.09. The van der Waals surface area contributed by atoms with Gasteiger partial charge in [0.1, 0.15) is 5.76 Å². The van der Waals surface area contributed by atoms with Gasteiger partial charge in [0, 0.05) is 5.69 Å². The van der Waals surface area contributed by atoms with Crippen LogP contribution < -0.4 is 4.90 Å². The zero-order chi connectivity index (χ0) is 12.1. The lowest BCUT2D eigenvalue weighted by Gasteiger charge is -2.20. The Labute approximate surface area is 108 Å². The van der Waals surface area contributed by atoms with Crippen LogP contribution in [0.2, 0.25) is 0 Å². The average Bonchev–Trinajstić information content (AvgIpc) is 2.89. The normalized spacial score (nSPS) is 10.2. The van der Waals surface area contributed by atoms with Crippen LogP contribution >= 0.6 is 15.9 Å². The summed E-state index contributed by atoms with van der Waals surface area (Å²) in [6.07, 6.45) is 1.61. The first kappa shape index (κ1) is 11.9. The maximum absolute atomic E-state index is 11.9. The highest BCUT2D eigenvalue weighted by Crippen LogP contribution is 2.17. The molecule has 1 amide bonds. The van der Waals surface area contributed by atoms with Gasteiger partial charge in [0.05, 0.1) is 18.1 Å². The lowest BCUT2D eigenvalue weighted by atomic mass is 10.2. The van der Waals surface area contributed by atoms with E-state index in [-0.39, 0.29) is 5.91 Å². The Morgan fingerprint density at radius 1 is 1.18 bits per heavy atom. The van der Waals surface area contributed by atoms with Gasteiger partial charge in [0.2, 0.25) is 5.91 Å². The fraction of sp³-hybridized carbons (Fsp3) is 0.154. The summed E-state index contributed by atoms with van der Waals surface area (Å²) in [5, 5.41) is 0.294. The number of hydrogen-bond acceptors (Lipinski definition) is 2. The minimum Gasteiger partial charge on any atom is -0.467 e. The molecule has 1 aromatic heterocycles. The number of rotatable bonds is 4. The first-order valence-electron chi connectivity index (χ1n) is 5.25. The summed E-state index contributed by atoms with van der Waals surface area (Å²) in [7, 11) is 0. The molecule has 4 heteroatoms. The zero-order valence-electron chi connectivity index (χ0n) is 9.17. The second-order valence-corrected chi connectivity index (χ2v) is 4.09. The fourth-order valence-electron chi connectivity index (χ4n) is 1.56. The smallest absolute Gasteiger partial charge is 0.238 e. The molecule has 1 heterocycles. The van der Waals surface area contributed by atoms with E-state index in [2.05, 4.69) is 15.9 Å². The number of carbonyl (C=O) groups is 1. The van der Waals surface area contributed by atoms with E-state index in [0.717, 1.165) is 11.4 Å². The minimum atomic E-state index is 0.00704. The van der Waals surface area contributed by atoms with Crippen LogP contribution in [0, 0.1) is 0 Å². The van der Waals surface area contributed by atoms with E-state index >= 15 is 0 Å². The molecule has 0 aliphatic rings. The van der Waals surface area contributed by atoms with Crippen molar-refractivity contribution in [1.29, 1.82) is 0 Å². The standard InChI is InChI=1S/C13H12BrNO2/c14-9-13(16)15(10-12-7-4-8-17-12)11-5-2-1-3-6-11/h1-8H,9-10H2. The van der Waals surface area contributed by atoms with Crippen molar-refractivity contribution < 1.29 is 9.21 Å². The molecule has 0 radical (unpaired) electrons. The van der Waals surface area contributed by atoms with Gasteiger partial charge in [-0.1, -0.05) is 34.1 Å². The molecule has 88 valence electrons. The Morgan fingerprint density at radius 3 is 2.53 bits per heavy atom. The second kappa shape index (κ2) is 5.68. The lowest BCUT2D eigenvalue weighted by Crippen LogP contribution is -2.30. The number of halogens is 1. The van der Waals surface area contributed by atoms with Crippen LogP contribution in [0.5, 0.6) is 0 Å². The van der Waals surface area contributed by atoms with Crippen molar-refractivity contribution in [1.82, 2.24) is 0 Å². The van der Waals surface area contributed by atoms with Crippen molar-refractivity contribution in [2.75, 3.05) is 10.2 Å². The number of para-hydroxylation sites is 1. The summed E-state index contributed by atoms with van der Waals surface area (Å²) in [6.45, 7) is 0.446. The van der Waals surface area contributed by atoms with Gasteiger partial charge < -0.3 is 9.32 Å². The van der Waals surface area contributed by atoms with E-state index < -0.39 is 0 Å². The minimum absolute atomic E-state index is 0.00704. The van der Waals surface area contributed by atoms with E-state index in [1.165, 1.54) is 0 Å². The van der Waals surface area contributed by atoms with Gasteiger partial charge in [-0.15, -0.1) is 0 Å². The van der Waals surface area contributed by atoms with E-state index in [1.807, 2.05) is 42.5 Å². The van der Waals surface area contributed by atoms with Crippen molar-refractivity contribution in [3.63, 3.8) is 0 Å². The van der Waals surface area contributed by atoms with Crippen molar-refractivity contribution >= 4 is 27.5 Å². The maximum atomic E-state index is 11.9. The molecule has 17 heavy (non-hydrogen) atoms. The summed E-state index contributed by atoms with van der Waals surface area (Å²) >= 11 is 3.19. The van der Waals surface area contributed by atoms with Gasteiger partial charge in [-0.3, -0.25) is 4.79 Å². The third kappa shape index (κ3) is 2.97. The molecule has 2 rings (SSSR count). The fourth-order valence-corrected chi connectivity index (χ4v) is 1.86. The van der Waals surface area contributed by atoms with Crippen LogP contribution in [-0.2, 0) is 11.3 Å². The van der Waals surface area contributed by atoms with Gasteiger partial charge in [-0.25, -0.2) is 0 Å². The molecule has 0 bridgehead atoms. The molecular weight excluding hydrogens is 282 g/mol. The van der Waals surface area contributed by atoms with E-state index in [0.29, 0.717) is 11.9 Å². The van der Waals surface area contributed by atoms with Crippen molar-refractivity contribution in [2.24, 2.45) is 0 Å². The molecule has 3 nitrogen and oxygen atoms in total. The summed E-state index contributed by atoms with van der Waals surface area (Å²) in [4.78, 5) is 13.6. The second-order valence-electron chi connectivity index (χ2n) is 3.53. The third-order valence-electron chi connectivity index (χ3n) is 2.38. The number of anilines is 1. The number of carbonyl (C=O) groups excluding carboxylic acids is 1. The number of alkyl halides is 1. The first-order chi connectivity index (χ1) is 8.31. The number of amides is 1. The van der Waals surface area contributed by atoms with Crippen LogP contribution in [0.4, 0.5) is 5.69 Å². The predicted molar refractivity (Wildman–Crippen MR) is 70.1 cm³/mol. The van der Waals surface area contributed by atoms with E-state index in [9.17, 15) is 4.79 Å². The van der Waals surface area contributed by atoms with E-state index in [1.54, 1.807) is 11.2 Å². The summed E-state index contributed by atoms with van der Waals surface area (Å²) in [5.41, 5.74) is 0.869. The van der Waals surface area contributed by atoms with Gasteiger partial charge in [0.15, 0.2) is 0 Å². The average molecular weight is 294 g/mol. The molecule has 0 saturated heterocycles. The largest absolute Gasteiger partial charge is 0.467 e. The molecule has 1 aromatic carbocycles. The van der Waals surface area contributed by atoms with Crippen LogP contribution in [-0.4, -0.2) is 11.2 Å². The number of hydrogen-bond donors (Lipinski definition) is 0. The number of benzene rings is 1. The quantitative estimate of drug-likeness (QED) is 0.811. The van der Waals surface area contributed by atoms with Crippen LogP contribution in [0.3, 0.4) is 0 Å². The topological polar surface area (TPSA) is 33.5 Å². The SMILES string of the molecule is O=C(CBr)N(Cc1ccco1)c1ccccc1. The molecular formula is C13H12BrNO2. The molecule has 0 aliphatic carbocycles. The number of nitrogens with zero attached hydrogens (tertiary/aromatic N) is 1. The Balaban J connectivity index is 2.23. The van der Waals surface area contributed by atoms with Gasteiger partial charge >= 0.3 is 0 Å². The molecule has 0 aliphatic heterocycles. The Bertz CT molecular complexity index is 467. The summed E-state index contributed by atoms with van der Waals surface area (Å²) in [6, 6.07) is 13.2. The van der Waals surface area contributed by atoms with Gasteiger partial charge in [-0.2, -0.15) is 0 Å². The monoisotopic (exact) mass is 293 g/mol. The van der Waals surface area contributed by atoms with Crippen LogP contribution in [0.25, 0.3) is 0 Å². The van der Waals surface area contributed by atoms with Crippen LogP contribution in [0.15, 0.2) is 53.1 Å². The Hall–Kier alpha value is -1.55. The summed E-state index contributed by atoms with van der Waals surface area (Å²) in [5.74, 6) is 0.774. The molecule has 2 aromatic rings. The Kier molecular flexibility index (Phi) is 3.98. The number of furan rings is 1. The predicted octanol–water partition coefficient (Wildman–Crippen LogP) is 3.21. The third-order valence-corrected chi connectivity index (χ3v) is 2.86. The van der Waals surface area contributed by atoms with Crippen molar-refractivity contribution in [3.8, 4) is 0 Å². The van der Waals surface area contributed by atoms with Crippen molar-refractivity contribution in [3.05, 3.63) is 54.5 Å². The van der Waals surface area contributed by atoms with Gasteiger partial charge in [-0.05, 0) is 24.3 Å². The van der Waals surface area contributed by atoms with Gasteiger partial charge in [0.25, 0.3) is 0 Å². The molecule has 0 unspecified atom stereocenters. The first-order valence-corrected chi connectivity index (χ1v) is 6.37. The molecule has 0 spiro atoms. The molecule has 0 saturated carbocycles. The Morgan fingerprint density at radius 2 is 1.94 bits per heavy atom. The summed E-state index contributed by atoms with van der Waals surface area (Å²) < 4.78 is 5.27. The van der Waals surface area contributed by atoms with Crippen LogP contribution in [0.1, 0.15) is 5.76 Å². The molecule has 0 N–H and O–H groups in total. The zero-order valence-corrected chi connectivity index (χ0v) is 10.8. The highest BCUT2D eigenvalue weighted by Gasteiger charge is 2.15. The van der Waals surface area contributed by atoms with Crippen molar-refractivity contribution in [2.45, 2.75) is 6.54 Å². The molecule has 0 atom stereocenters. The molecule has 0 fully saturated rings. The van der Waals surface area contributed by atoms with E-state index in [4.69, 9.17) is 4.42 Å². The lowest BCUT2D eigenvalue weighted by molar-refractivity contribution is -0.116. The maximum Gasteiger partial charge on any atom is 0.238 e. The highest BCUT2D eigenvalue weighted by atomic mass is 79.9.